The van der Waals surface area contributed by atoms with Gasteiger partial charge in [-0.15, -0.1) is 0 Å². The van der Waals surface area contributed by atoms with Gasteiger partial charge in [-0.3, -0.25) is 4.79 Å². The van der Waals surface area contributed by atoms with Gasteiger partial charge in [0.15, 0.2) is 0 Å². The zero-order chi connectivity index (χ0) is 16.7. The summed E-state index contributed by atoms with van der Waals surface area (Å²) in [4.78, 5) is 11.7. The number of azo groups is 1. The molecule has 0 atom stereocenters. The molecule has 0 unspecified atom stereocenters. The van der Waals surface area contributed by atoms with Crippen LogP contribution in [0, 0.1) is 0 Å². The van der Waals surface area contributed by atoms with Gasteiger partial charge in [0, 0.05) is 5.69 Å². The minimum absolute atomic E-state index is 0.0157. The Hall–Kier alpha value is -2.58. The third-order valence-electron chi connectivity index (χ3n) is 2.88. The highest BCUT2D eigenvalue weighted by atomic mass is 32.2. The molecule has 0 heterocycles. The number of amides is 1. The Morgan fingerprint density at radius 2 is 1.65 bits per heavy atom. The first-order valence-corrected chi connectivity index (χ1v) is 8.30. The van der Waals surface area contributed by atoms with Crippen LogP contribution in [0.15, 0.2) is 69.7 Å². The van der Waals surface area contributed by atoms with Gasteiger partial charge < -0.3 is 5.32 Å². The second kappa shape index (κ2) is 7.61. The van der Waals surface area contributed by atoms with E-state index in [0.717, 1.165) is 5.56 Å². The molecule has 0 radical (unpaired) electrons. The van der Waals surface area contributed by atoms with Gasteiger partial charge >= 0.3 is 0 Å². The number of hydrogen-bond acceptors (Lipinski definition) is 5. The molecule has 0 bridgehead atoms. The maximum atomic E-state index is 11.7. The smallest absolute Gasteiger partial charge is 0.247 e. The molecule has 0 aliphatic heterocycles. The van der Waals surface area contributed by atoms with Crippen molar-refractivity contribution in [3.05, 3.63) is 60.2 Å². The third kappa shape index (κ3) is 5.61. The molecule has 0 saturated carbocycles. The van der Waals surface area contributed by atoms with Gasteiger partial charge in [0.2, 0.25) is 15.9 Å². The van der Waals surface area contributed by atoms with Crippen molar-refractivity contribution in [1.82, 2.24) is 0 Å². The molecule has 120 valence electrons. The van der Waals surface area contributed by atoms with Crippen LogP contribution < -0.4 is 10.5 Å². The fourth-order valence-electron chi connectivity index (χ4n) is 1.76. The summed E-state index contributed by atoms with van der Waals surface area (Å²) >= 11 is 0. The average molecular weight is 332 g/mol. The summed E-state index contributed by atoms with van der Waals surface area (Å²) in [5.41, 5.74) is 1.47. The van der Waals surface area contributed by atoms with E-state index < -0.39 is 10.0 Å². The molecule has 8 heteroatoms. The first kappa shape index (κ1) is 16.8. The van der Waals surface area contributed by atoms with E-state index in [9.17, 15) is 13.2 Å². The Morgan fingerprint density at radius 3 is 2.26 bits per heavy atom. The monoisotopic (exact) mass is 332 g/mol. The summed E-state index contributed by atoms with van der Waals surface area (Å²) in [6.07, 6.45) is 0. The number of carbonyl (C=O) groups excluding carboxylic acids is 1. The molecule has 7 nitrogen and oxygen atoms in total. The number of benzene rings is 2. The second-order valence-corrected chi connectivity index (χ2v) is 6.26. The Balaban J connectivity index is 1.83. The van der Waals surface area contributed by atoms with Gasteiger partial charge in [-0.1, -0.05) is 30.3 Å². The summed E-state index contributed by atoms with van der Waals surface area (Å²) in [7, 11) is -3.74. The Morgan fingerprint density at radius 1 is 1.00 bits per heavy atom. The number of hydrogen-bond donors (Lipinski definition) is 2. The van der Waals surface area contributed by atoms with Crippen LogP contribution in [0.5, 0.6) is 0 Å². The van der Waals surface area contributed by atoms with Crippen LogP contribution in [0.1, 0.15) is 5.56 Å². The number of primary sulfonamides is 1. The topological polar surface area (TPSA) is 114 Å². The van der Waals surface area contributed by atoms with Crippen molar-refractivity contribution in [2.24, 2.45) is 15.4 Å². The van der Waals surface area contributed by atoms with E-state index in [1.54, 1.807) is 0 Å². The van der Waals surface area contributed by atoms with Gasteiger partial charge in [-0.05, 0) is 29.8 Å². The summed E-state index contributed by atoms with van der Waals surface area (Å²) in [6.45, 7) is 0.306. The van der Waals surface area contributed by atoms with Gasteiger partial charge in [-0.2, -0.15) is 10.2 Å². The van der Waals surface area contributed by atoms with Gasteiger partial charge in [0.1, 0.15) is 6.54 Å². The number of anilines is 1. The van der Waals surface area contributed by atoms with E-state index in [1.165, 1.54) is 24.3 Å². The lowest BCUT2D eigenvalue weighted by molar-refractivity contribution is -0.114. The largest absolute Gasteiger partial charge is 0.324 e. The SMILES string of the molecule is NS(=O)(=O)c1ccc(NC(=O)CN=NCc2ccccc2)cc1. The van der Waals surface area contributed by atoms with Crippen molar-refractivity contribution < 1.29 is 13.2 Å². The third-order valence-corrected chi connectivity index (χ3v) is 3.81. The van der Waals surface area contributed by atoms with Crippen molar-refractivity contribution >= 4 is 21.6 Å². The molecule has 2 aromatic rings. The summed E-state index contributed by atoms with van der Waals surface area (Å²) in [6, 6.07) is 15.1. The van der Waals surface area contributed by atoms with E-state index in [4.69, 9.17) is 5.14 Å². The van der Waals surface area contributed by atoms with Crippen molar-refractivity contribution in [1.29, 1.82) is 0 Å². The number of rotatable bonds is 6. The normalized spacial score (nSPS) is 11.5. The Kier molecular flexibility index (Phi) is 5.56. The highest BCUT2D eigenvalue weighted by Gasteiger charge is 2.07. The number of sulfonamides is 1. The van der Waals surface area contributed by atoms with Crippen molar-refractivity contribution in [2.45, 2.75) is 11.4 Å². The van der Waals surface area contributed by atoms with Crippen LogP contribution in [0.3, 0.4) is 0 Å². The lowest BCUT2D eigenvalue weighted by Crippen LogP contribution is -2.15. The number of carbonyl (C=O) groups is 1. The van der Waals surface area contributed by atoms with Crippen LogP contribution >= 0.6 is 0 Å². The average Bonchev–Trinajstić information content (AvgIpc) is 2.52. The molecule has 0 aliphatic carbocycles. The van der Waals surface area contributed by atoms with Crippen LogP contribution in [0.4, 0.5) is 5.69 Å². The quantitative estimate of drug-likeness (QED) is 0.788. The predicted molar refractivity (Wildman–Crippen MR) is 86.3 cm³/mol. The van der Waals surface area contributed by atoms with Crippen LogP contribution in [0.2, 0.25) is 0 Å². The minimum Gasteiger partial charge on any atom is -0.324 e. The Labute approximate surface area is 134 Å². The van der Waals surface area contributed by atoms with E-state index in [-0.39, 0.29) is 17.3 Å². The fourth-order valence-corrected chi connectivity index (χ4v) is 2.27. The summed E-state index contributed by atoms with van der Waals surface area (Å²) < 4.78 is 22.2. The van der Waals surface area contributed by atoms with Crippen LogP contribution in [-0.4, -0.2) is 20.9 Å². The van der Waals surface area contributed by atoms with Crippen LogP contribution in [-0.2, 0) is 21.4 Å². The highest BCUT2D eigenvalue weighted by molar-refractivity contribution is 7.89. The van der Waals surface area contributed by atoms with E-state index in [1.807, 2.05) is 30.3 Å². The van der Waals surface area contributed by atoms with E-state index in [2.05, 4.69) is 15.5 Å². The van der Waals surface area contributed by atoms with E-state index in [0.29, 0.717) is 12.2 Å². The molecule has 0 aromatic heterocycles. The molecule has 1 amide bonds. The van der Waals surface area contributed by atoms with E-state index >= 15 is 0 Å². The molecule has 0 saturated heterocycles. The number of nitrogens with one attached hydrogen (secondary N) is 1. The first-order valence-electron chi connectivity index (χ1n) is 6.75. The van der Waals surface area contributed by atoms with Crippen molar-refractivity contribution in [3.8, 4) is 0 Å². The molecule has 0 aliphatic rings. The molecule has 0 fully saturated rings. The zero-order valence-corrected chi connectivity index (χ0v) is 13.0. The minimum atomic E-state index is -3.74. The number of nitrogens with zero attached hydrogens (tertiary/aromatic N) is 2. The molecule has 2 aromatic carbocycles. The standard InChI is InChI=1S/C15H16N4O3S/c16-23(21,22)14-8-6-13(7-9-14)19-15(20)11-18-17-10-12-4-2-1-3-5-12/h1-9H,10-11H2,(H,19,20)(H2,16,21,22). The first-order chi connectivity index (χ1) is 10.9. The summed E-state index contributed by atoms with van der Waals surface area (Å²) in [5.74, 6) is -0.342. The van der Waals surface area contributed by atoms with Crippen molar-refractivity contribution in [3.63, 3.8) is 0 Å². The van der Waals surface area contributed by atoms with Gasteiger partial charge in [0.05, 0.1) is 11.4 Å². The Bertz CT molecular complexity index is 787. The lowest BCUT2D eigenvalue weighted by Gasteiger charge is -2.04. The number of nitrogens with two attached hydrogens (primary N) is 1. The zero-order valence-electron chi connectivity index (χ0n) is 12.2. The predicted octanol–water partition coefficient (Wildman–Crippen LogP) is 1.92. The second-order valence-electron chi connectivity index (χ2n) is 4.70. The van der Waals surface area contributed by atoms with Crippen molar-refractivity contribution in [2.75, 3.05) is 11.9 Å². The molecular formula is C15H16N4O3S. The van der Waals surface area contributed by atoms with Gasteiger partial charge in [0.25, 0.3) is 0 Å². The van der Waals surface area contributed by atoms with Gasteiger partial charge in [-0.25, -0.2) is 13.6 Å². The maximum absolute atomic E-state index is 11.7. The lowest BCUT2D eigenvalue weighted by atomic mass is 10.2. The highest BCUT2D eigenvalue weighted by Crippen LogP contribution is 2.12. The summed E-state index contributed by atoms with van der Waals surface area (Å²) in [5, 5.41) is 15.3. The maximum Gasteiger partial charge on any atom is 0.247 e. The molecule has 2 rings (SSSR count). The molecule has 23 heavy (non-hydrogen) atoms. The van der Waals surface area contributed by atoms with Crippen LogP contribution in [0.25, 0.3) is 0 Å². The molecular weight excluding hydrogens is 316 g/mol. The molecule has 3 N–H and O–H groups in total. The molecule has 0 spiro atoms. The fraction of sp³-hybridized carbons (Fsp3) is 0.133.